The van der Waals surface area contributed by atoms with Gasteiger partial charge in [-0.05, 0) is 0 Å². The van der Waals surface area contributed by atoms with E-state index in [1.165, 1.54) is 94.2 Å². The van der Waals surface area contributed by atoms with Gasteiger partial charge in [0.15, 0.2) is 0 Å². The van der Waals surface area contributed by atoms with Gasteiger partial charge in [-0.15, -0.1) is 0 Å². The smallest absolute Gasteiger partial charge is 1.00 e. The molecule has 4 aromatic carbocycles. The first-order valence-electron chi connectivity index (χ1n) is 21.9. The number of hydrogen-bond acceptors (Lipinski definition) is 0. The van der Waals surface area contributed by atoms with Crippen molar-refractivity contribution in [2.45, 2.75) is 167 Å². The molecule has 4 aromatic rings. The van der Waals surface area contributed by atoms with Gasteiger partial charge < -0.3 is 24.8 Å². The second-order valence-corrected chi connectivity index (χ2v) is 27.9. The van der Waals surface area contributed by atoms with Gasteiger partial charge in [0, 0.05) is 0 Å². The average molecular weight is 895 g/mol. The predicted molar refractivity (Wildman–Crippen MR) is 245 cm³/mol. The van der Waals surface area contributed by atoms with Crippen LogP contribution < -0.4 is 24.8 Å². The van der Waals surface area contributed by atoms with Crippen molar-refractivity contribution in [3.8, 4) is 33.4 Å². The molecule has 0 spiro atoms. The van der Waals surface area contributed by atoms with Crippen LogP contribution in [0.1, 0.15) is 179 Å². The summed E-state index contributed by atoms with van der Waals surface area (Å²) in [7, 11) is 0. The zero-order valence-corrected chi connectivity index (χ0v) is 42.4. The van der Waals surface area contributed by atoms with Gasteiger partial charge in [0.05, 0.1) is 0 Å². The van der Waals surface area contributed by atoms with Crippen LogP contribution in [-0.2, 0) is 42.9 Å². The summed E-state index contributed by atoms with van der Waals surface area (Å²) in [5.41, 5.74) is 17.7. The van der Waals surface area contributed by atoms with E-state index in [1.54, 1.807) is 14.4 Å². The Labute approximate surface area is 374 Å². The van der Waals surface area contributed by atoms with E-state index in [2.05, 4.69) is 188 Å². The maximum atomic E-state index is 2.71. The molecule has 0 atom stereocenters. The van der Waals surface area contributed by atoms with E-state index in [0.29, 0.717) is 3.63 Å². The first-order chi connectivity index (χ1) is 26.2. The maximum Gasteiger partial charge on any atom is -1.00 e. The van der Waals surface area contributed by atoms with Crippen molar-refractivity contribution in [3.05, 3.63) is 128 Å². The quantitative estimate of drug-likeness (QED) is 0.149. The van der Waals surface area contributed by atoms with E-state index in [-0.39, 0.29) is 46.5 Å². The molecule has 0 saturated heterocycles. The summed E-state index contributed by atoms with van der Waals surface area (Å²) in [6, 6.07) is 29.9. The summed E-state index contributed by atoms with van der Waals surface area (Å²) in [5, 5.41) is 0. The molecular formula is C55H72Cl2Zr. The Morgan fingerprint density at radius 3 is 1.24 bits per heavy atom. The Kier molecular flexibility index (Phi) is 15.6. The van der Waals surface area contributed by atoms with Crippen LogP contribution in [0.2, 0.25) is 0 Å². The van der Waals surface area contributed by atoms with Crippen molar-refractivity contribution in [1.82, 2.24) is 0 Å². The molecule has 2 aliphatic carbocycles. The molecule has 0 saturated carbocycles. The summed E-state index contributed by atoms with van der Waals surface area (Å²) in [4.78, 5) is 0. The van der Waals surface area contributed by atoms with Gasteiger partial charge in [0.2, 0.25) is 0 Å². The molecular weight excluding hydrogens is 823 g/mol. The van der Waals surface area contributed by atoms with E-state index in [0.717, 1.165) is 6.42 Å². The van der Waals surface area contributed by atoms with Crippen LogP contribution in [-0.4, -0.2) is 3.21 Å². The van der Waals surface area contributed by atoms with Crippen LogP contribution in [0, 0.1) is 0 Å². The van der Waals surface area contributed by atoms with Crippen LogP contribution in [0.3, 0.4) is 0 Å². The number of rotatable bonds is 10. The fourth-order valence-corrected chi connectivity index (χ4v) is 18.5. The first-order valence-corrected chi connectivity index (χ1v) is 25.8. The Morgan fingerprint density at radius 2 is 0.931 bits per heavy atom. The monoisotopic (exact) mass is 892 g/mol. The number of fused-ring (bicyclic) bond motifs is 3. The van der Waals surface area contributed by atoms with Crippen molar-refractivity contribution >= 4 is 3.21 Å². The minimum atomic E-state index is -2.54. The SMILES string of the molecule is CCCC[C](CCCC)=[Zr+2]([C]1=CC=CC1)[CH]1c2cc(-c3ccc(C(C)(C)C)cc3)c(C(C)(C)C)cc2-c2cc(C(C)(C)C)c(-c3ccc(C(C)(C)C)cc3)cc21.[Cl-].[Cl-]. The van der Waals surface area contributed by atoms with Gasteiger partial charge in [0.25, 0.3) is 0 Å². The van der Waals surface area contributed by atoms with Crippen molar-refractivity contribution in [2.24, 2.45) is 0 Å². The van der Waals surface area contributed by atoms with Gasteiger partial charge in [-0.25, -0.2) is 0 Å². The standard InChI is InChI=1S/C41H49.C9H18.C5H5.2ClH.Zr/c1-38(2,3)30-17-13-26(14-18-30)34-22-28-21-29-23-35(27-15-19-31(20-16-27)39(4,5)6)37(41(10,11)12)25-33(29)32(28)24-36(34)40(7,8)9;1-3-5-7-9-8-6-4-2;1-2-4-5-3-1;;;/h13-25H,1-12H3;3-8H2,1-2H3;1-3H,4H2;2*1H;/q;;;;;+2/p-2. The Morgan fingerprint density at radius 1 is 0.534 bits per heavy atom. The van der Waals surface area contributed by atoms with Crippen LogP contribution in [0.4, 0.5) is 0 Å². The molecule has 0 heterocycles. The van der Waals surface area contributed by atoms with Gasteiger partial charge >= 0.3 is 353 Å². The summed E-state index contributed by atoms with van der Waals surface area (Å²) >= 11 is -2.54. The van der Waals surface area contributed by atoms with E-state index < -0.39 is 21.3 Å². The van der Waals surface area contributed by atoms with E-state index in [9.17, 15) is 0 Å². The van der Waals surface area contributed by atoms with Crippen molar-refractivity contribution in [3.63, 3.8) is 0 Å². The minimum absolute atomic E-state index is 0. The molecule has 0 bridgehead atoms. The number of unbranched alkanes of at least 4 members (excludes halogenated alkanes) is 2. The van der Waals surface area contributed by atoms with Gasteiger partial charge in [-0.2, -0.15) is 0 Å². The average Bonchev–Trinajstić information content (AvgIpc) is 3.77. The first kappa shape index (κ1) is 48.4. The molecule has 0 radical (unpaired) electrons. The van der Waals surface area contributed by atoms with Crippen LogP contribution in [0.25, 0.3) is 33.4 Å². The van der Waals surface area contributed by atoms with Gasteiger partial charge in [0.1, 0.15) is 0 Å². The van der Waals surface area contributed by atoms with Crippen LogP contribution in [0.5, 0.6) is 0 Å². The van der Waals surface area contributed by atoms with E-state index in [4.69, 9.17) is 0 Å². The molecule has 2 aliphatic rings. The normalized spacial score (nSPS) is 13.9. The molecule has 0 fully saturated rings. The van der Waals surface area contributed by atoms with Crippen molar-refractivity contribution in [2.75, 3.05) is 0 Å². The molecule has 6 rings (SSSR count). The largest absolute Gasteiger partial charge is 1.00 e. The summed E-state index contributed by atoms with van der Waals surface area (Å²) in [6.45, 7) is 33.2. The number of allylic oxidation sites excluding steroid dienone is 4. The third kappa shape index (κ3) is 10.2. The van der Waals surface area contributed by atoms with Gasteiger partial charge in [-0.1, -0.05) is 0 Å². The van der Waals surface area contributed by atoms with Crippen molar-refractivity contribution < 1.29 is 46.1 Å². The second-order valence-electron chi connectivity index (χ2n) is 21.1. The molecule has 0 aromatic heterocycles. The Hall–Kier alpha value is -2.31. The number of benzene rings is 4. The summed E-state index contributed by atoms with van der Waals surface area (Å²) in [6.07, 6.45) is 16.2. The fourth-order valence-electron chi connectivity index (χ4n) is 9.11. The molecule has 0 amide bonds. The second kappa shape index (κ2) is 18.8. The summed E-state index contributed by atoms with van der Waals surface area (Å²) in [5.74, 6) is 0. The third-order valence-corrected chi connectivity index (χ3v) is 21.1. The number of hydrogen-bond donors (Lipinski definition) is 0. The molecule has 0 nitrogen and oxygen atoms in total. The fraction of sp³-hybridized carbons (Fsp3) is 0.473. The minimum Gasteiger partial charge on any atom is -1.00 e. The van der Waals surface area contributed by atoms with Gasteiger partial charge in [-0.3, -0.25) is 0 Å². The van der Waals surface area contributed by atoms with Crippen LogP contribution in [0.15, 0.2) is 94.3 Å². The zero-order chi connectivity index (χ0) is 40.8. The summed E-state index contributed by atoms with van der Waals surface area (Å²) < 4.78 is 4.22. The molecule has 0 aliphatic heterocycles. The molecule has 0 unspecified atom stereocenters. The van der Waals surface area contributed by atoms with E-state index >= 15 is 0 Å². The Bertz CT molecular complexity index is 2010. The van der Waals surface area contributed by atoms with Crippen molar-refractivity contribution in [1.29, 1.82) is 0 Å². The molecule has 310 valence electrons. The molecule has 58 heavy (non-hydrogen) atoms. The maximum absolute atomic E-state index is 2.71. The third-order valence-electron chi connectivity index (χ3n) is 12.5. The van der Waals surface area contributed by atoms with Crippen LogP contribution >= 0.6 is 0 Å². The zero-order valence-electron chi connectivity index (χ0n) is 38.4. The topological polar surface area (TPSA) is 0 Å². The predicted octanol–water partition coefficient (Wildman–Crippen LogP) is 10.3. The molecule has 0 N–H and O–H groups in total. The molecule has 3 heteroatoms. The van der Waals surface area contributed by atoms with E-state index in [1.807, 2.05) is 3.21 Å². The Balaban J connectivity index is 0.00000372. The number of halogens is 2.